The fraction of sp³-hybridized carbons (Fsp3) is 0.333. The maximum Gasteiger partial charge on any atom is 0.418 e. The first kappa shape index (κ1) is 18.0. The lowest BCUT2D eigenvalue weighted by Crippen LogP contribution is -2.37. The lowest BCUT2D eigenvalue weighted by atomic mass is 10.2. The Kier molecular flexibility index (Phi) is 4.65. The van der Waals surface area contributed by atoms with E-state index in [4.69, 9.17) is 9.15 Å². The predicted octanol–water partition coefficient (Wildman–Crippen LogP) is 4.73. The summed E-state index contributed by atoms with van der Waals surface area (Å²) in [6.45, 7) is 0.812. The highest BCUT2D eigenvalue weighted by molar-refractivity contribution is 7.22. The molecule has 0 bridgehead atoms. The number of halogens is 3. The molecular weight excluding hydrogens is 381 g/mol. The van der Waals surface area contributed by atoms with Crippen molar-refractivity contribution >= 4 is 32.6 Å². The fourth-order valence-corrected chi connectivity index (χ4v) is 4.05. The smallest absolute Gasteiger partial charge is 0.418 e. The van der Waals surface area contributed by atoms with Crippen LogP contribution in [0.2, 0.25) is 0 Å². The van der Waals surface area contributed by atoms with Crippen molar-refractivity contribution in [1.82, 2.24) is 4.98 Å². The van der Waals surface area contributed by atoms with Gasteiger partial charge in [-0.1, -0.05) is 17.4 Å². The van der Waals surface area contributed by atoms with Crippen molar-refractivity contribution in [2.45, 2.75) is 25.1 Å². The van der Waals surface area contributed by atoms with Gasteiger partial charge in [0.1, 0.15) is 0 Å². The molecule has 1 aliphatic heterocycles. The van der Waals surface area contributed by atoms with E-state index in [-0.39, 0.29) is 29.1 Å². The van der Waals surface area contributed by atoms with E-state index in [2.05, 4.69) is 4.98 Å². The van der Waals surface area contributed by atoms with Gasteiger partial charge in [-0.25, -0.2) is 4.98 Å². The van der Waals surface area contributed by atoms with Gasteiger partial charge >= 0.3 is 6.18 Å². The van der Waals surface area contributed by atoms with Crippen molar-refractivity contribution < 1.29 is 27.1 Å². The maximum atomic E-state index is 13.3. The largest absolute Gasteiger partial charge is 0.459 e. The van der Waals surface area contributed by atoms with Gasteiger partial charge in [-0.3, -0.25) is 9.69 Å². The molecule has 3 aromatic rings. The molecular formula is C18H15F3N2O3S. The monoisotopic (exact) mass is 396 g/mol. The van der Waals surface area contributed by atoms with Crippen LogP contribution in [0, 0.1) is 0 Å². The number of hydrogen-bond donors (Lipinski definition) is 0. The molecule has 0 unspecified atom stereocenters. The molecule has 3 heterocycles. The van der Waals surface area contributed by atoms with E-state index < -0.39 is 17.6 Å². The molecule has 4 rings (SSSR count). The third-order valence-electron chi connectivity index (χ3n) is 4.33. The molecule has 5 nitrogen and oxygen atoms in total. The van der Waals surface area contributed by atoms with Crippen molar-refractivity contribution in [2.24, 2.45) is 0 Å². The molecule has 1 aromatic carbocycles. The molecule has 0 radical (unpaired) electrons. The molecule has 0 saturated carbocycles. The zero-order valence-electron chi connectivity index (χ0n) is 14.0. The van der Waals surface area contributed by atoms with Crippen LogP contribution in [0.25, 0.3) is 10.2 Å². The van der Waals surface area contributed by atoms with Crippen LogP contribution < -0.4 is 4.90 Å². The fourth-order valence-electron chi connectivity index (χ4n) is 3.05. The highest BCUT2D eigenvalue weighted by Crippen LogP contribution is 2.39. The Labute approximate surface area is 156 Å². The summed E-state index contributed by atoms with van der Waals surface area (Å²) in [6, 6.07) is 6.99. The Morgan fingerprint density at radius 1 is 1.30 bits per heavy atom. The molecule has 0 N–H and O–H groups in total. The van der Waals surface area contributed by atoms with E-state index in [9.17, 15) is 18.0 Å². The van der Waals surface area contributed by atoms with Crippen molar-refractivity contribution in [1.29, 1.82) is 0 Å². The molecule has 27 heavy (non-hydrogen) atoms. The summed E-state index contributed by atoms with van der Waals surface area (Å²) < 4.78 is 51.0. The number of thiazole rings is 1. The number of amides is 1. The van der Waals surface area contributed by atoms with Crippen molar-refractivity contribution in [3.63, 3.8) is 0 Å². The molecule has 142 valence electrons. The van der Waals surface area contributed by atoms with E-state index >= 15 is 0 Å². The van der Waals surface area contributed by atoms with Gasteiger partial charge in [0.25, 0.3) is 5.91 Å². The molecule has 1 fully saturated rings. The number of aromatic nitrogens is 1. The van der Waals surface area contributed by atoms with Crippen molar-refractivity contribution in [2.75, 3.05) is 18.1 Å². The zero-order chi connectivity index (χ0) is 19.0. The molecule has 1 aliphatic rings. The molecule has 1 saturated heterocycles. The number of carbonyl (C=O) groups is 1. The summed E-state index contributed by atoms with van der Waals surface area (Å²) in [5, 5.41) is 0.193. The van der Waals surface area contributed by atoms with Gasteiger partial charge in [0, 0.05) is 6.61 Å². The molecule has 2 aromatic heterocycles. The number of anilines is 1. The van der Waals surface area contributed by atoms with E-state index in [0.29, 0.717) is 11.3 Å². The zero-order valence-corrected chi connectivity index (χ0v) is 14.8. The molecule has 0 aliphatic carbocycles. The minimum absolute atomic E-state index is 0.100. The number of benzene rings is 1. The Bertz CT molecular complexity index is 947. The summed E-state index contributed by atoms with van der Waals surface area (Å²) in [4.78, 5) is 18.4. The predicted molar refractivity (Wildman–Crippen MR) is 94.0 cm³/mol. The Hall–Kier alpha value is -2.39. The SMILES string of the molecule is O=C(c1ccco1)N(C[C@@H]1CCCO1)c1nc2c(C(F)(F)F)cccc2s1. The van der Waals surface area contributed by atoms with Crippen LogP contribution in [0.5, 0.6) is 0 Å². The van der Waals surface area contributed by atoms with E-state index in [1.807, 2.05) is 0 Å². The highest BCUT2D eigenvalue weighted by Gasteiger charge is 2.35. The number of para-hydroxylation sites is 1. The minimum Gasteiger partial charge on any atom is -0.459 e. The van der Waals surface area contributed by atoms with Crippen LogP contribution in [0.4, 0.5) is 18.3 Å². The van der Waals surface area contributed by atoms with Crippen LogP contribution in [0.15, 0.2) is 41.0 Å². The molecule has 1 amide bonds. The quantitative estimate of drug-likeness (QED) is 0.640. The number of rotatable bonds is 4. The van der Waals surface area contributed by atoms with E-state index in [1.54, 1.807) is 12.1 Å². The summed E-state index contributed by atoms with van der Waals surface area (Å²) in [5.41, 5.74) is -0.973. The third-order valence-corrected chi connectivity index (χ3v) is 5.37. The first-order valence-electron chi connectivity index (χ1n) is 8.37. The van der Waals surface area contributed by atoms with E-state index in [0.717, 1.165) is 30.2 Å². The van der Waals surface area contributed by atoms with Gasteiger partial charge in [0.15, 0.2) is 10.9 Å². The lowest BCUT2D eigenvalue weighted by molar-refractivity contribution is -0.136. The van der Waals surface area contributed by atoms with Gasteiger partial charge in [-0.2, -0.15) is 13.2 Å². The first-order chi connectivity index (χ1) is 12.9. The standard InChI is InChI=1S/C18H15F3N2O3S/c19-18(20,21)12-5-1-7-14-15(12)22-17(27-14)23(10-11-4-2-8-25-11)16(24)13-6-3-9-26-13/h1,3,5-7,9,11H,2,4,8,10H2/t11-/m0/s1. The van der Waals surface area contributed by atoms with E-state index in [1.165, 1.54) is 23.3 Å². The summed E-state index contributed by atoms with van der Waals surface area (Å²) in [6.07, 6.45) is -1.67. The lowest BCUT2D eigenvalue weighted by Gasteiger charge is -2.22. The number of hydrogen-bond acceptors (Lipinski definition) is 5. The number of alkyl halides is 3. The average molecular weight is 396 g/mol. The van der Waals surface area contributed by atoms with Gasteiger partial charge in [0.2, 0.25) is 0 Å². The highest BCUT2D eigenvalue weighted by atomic mass is 32.1. The average Bonchev–Trinajstić information content (AvgIpc) is 3.38. The molecule has 1 atom stereocenters. The Morgan fingerprint density at radius 2 is 2.15 bits per heavy atom. The Balaban J connectivity index is 1.76. The number of ether oxygens (including phenoxy) is 1. The van der Waals surface area contributed by atoms with Gasteiger partial charge in [-0.15, -0.1) is 0 Å². The van der Waals surface area contributed by atoms with Crippen molar-refractivity contribution in [3.8, 4) is 0 Å². The van der Waals surface area contributed by atoms with Crippen LogP contribution in [0.1, 0.15) is 29.0 Å². The number of nitrogens with zero attached hydrogens (tertiary/aromatic N) is 2. The second-order valence-corrected chi connectivity index (χ2v) is 7.18. The second-order valence-electron chi connectivity index (χ2n) is 6.17. The topological polar surface area (TPSA) is 55.6 Å². The van der Waals surface area contributed by atoms with Crippen molar-refractivity contribution in [3.05, 3.63) is 47.9 Å². The normalized spacial score (nSPS) is 17.5. The van der Waals surface area contributed by atoms with Crippen LogP contribution in [-0.2, 0) is 10.9 Å². The van der Waals surface area contributed by atoms with Gasteiger partial charge < -0.3 is 9.15 Å². The summed E-state index contributed by atoms with van der Waals surface area (Å²) in [5.74, 6) is -0.355. The van der Waals surface area contributed by atoms with Gasteiger partial charge in [-0.05, 0) is 37.1 Å². The summed E-state index contributed by atoms with van der Waals surface area (Å²) in [7, 11) is 0. The molecule has 0 spiro atoms. The molecule has 9 heteroatoms. The van der Waals surface area contributed by atoms with Crippen LogP contribution in [0.3, 0.4) is 0 Å². The Morgan fingerprint density at radius 3 is 2.81 bits per heavy atom. The minimum atomic E-state index is -4.52. The number of carbonyl (C=O) groups excluding carboxylic acids is 1. The van der Waals surface area contributed by atoms with Crippen LogP contribution >= 0.6 is 11.3 Å². The second kappa shape index (κ2) is 6.97. The van der Waals surface area contributed by atoms with Crippen LogP contribution in [-0.4, -0.2) is 30.1 Å². The number of fused-ring (bicyclic) bond motifs is 1. The third kappa shape index (κ3) is 3.57. The van der Waals surface area contributed by atoms with Gasteiger partial charge in [0.05, 0.1) is 34.7 Å². The summed E-state index contributed by atoms with van der Waals surface area (Å²) >= 11 is 1.04. The first-order valence-corrected chi connectivity index (χ1v) is 9.19. The number of furan rings is 1. The maximum absolute atomic E-state index is 13.3.